The summed E-state index contributed by atoms with van der Waals surface area (Å²) in [5.41, 5.74) is 1.62. The van der Waals surface area contributed by atoms with Crippen molar-refractivity contribution in [3.63, 3.8) is 0 Å². The first-order chi connectivity index (χ1) is 15.0. The van der Waals surface area contributed by atoms with E-state index >= 15 is 0 Å². The van der Waals surface area contributed by atoms with E-state index in [9.17, 15) is 14.0 Å². The molecule has 0 spiro atoms. The summed E-state index contributed by atoms with van der Waals surface area (Å²) in [5.74, 6) is -1.35. The summed E-state index contributed by atoms with van der Waals surface area (Å²) in [4.78, 5) is 26.4. The molecule has 2 atom stereocenters. The zero-order chi connectivity index (χ0) is 21.8. The van der Waals surface area contributed by atoms with E-state index in [0.29, 0.717) is 42.9 Å². The van der Waals surface area contributed by atoms with Gasteiger partial charge in [0.05, 0.1) is 17.7 Å². The van der Waals surface area contributed by atoms with Crippen LogP contribution in [0.15, 0.2) is 51.8 Å². The van der Waals surface area contributed by atoms with Crippen molar-refractivity contribution in [1.29, 1.82) is 0 Å². The Hall–Kier alpha value is -2.72. The second-order valence-corrected chi connectivity index (χ2v) is 7.57. The summed E-state index contributed by atoms with van der Waals surface area (Å²) >= 11 is 5.80. The van der Waals surface area contributed by atoms with Crippen LogP contribution in [-0.4, -0.2) is 42.3 Å². The molecular weight excluding hydrogens is 462 g/mol. The van der Waals surface area contributed by atoms with E-state index in [1.165, 1.54) is 12.1 Å². The molecule has 0 unspecified atom stereocenters. The molecule has 1 amide bonds. The lowest BCUT2D eigenvalue weighted by molar-refractivity contribution is 0.0304. The maximum Gasteiger partial charge on any atom is 0.439 e. The molecule has 8 nitrogen and oxygen atoms in total. The van der Waals surface area contributed by atoms with Crippen molar-refractivity contribution in [3.8, 4) is 11.4 Å². The molecule has 1 aromatic heterocycles. The Labute approximate surface area is 193 Å². The second kappa shape index (κ2) is 10.7. The zero-order valence-electron chi connectivity index (χ0n) is 16.8. The van der Waals surface area contributed by atoms with E-state index in [4.69, 9.17) is 16.3 Å². The highest BCUT2D eigenvalue weighted by atomic mass is 35.5. The molecule has 32 heavy (non-hydrogen) atoms. The molecule has 1 aliphatic rings. The Morgan fingerprint density at radius 1 is 1.28 bits per heavy atom. The Kier molecular flexibility index (Phi) is 8.03. The number of nitrogens with zero attached hydrogens (tertiary/aromatic N) is 1. The average molecular weight is 483 g/mol. The summed E-state index contributed by atoms with van der Waals surface area (Å²) in [5, 5.41) is 9.87. The number of aromatic amines is 1. The van der Waals surface area contributed by atoms with Crippen LogP contribution in [0, 0.1) is 11.7 Å². The molecule has 3 N–H and O–H groups in total. The number of ether oxygens (including phenoxy) is 1. The monoisotopic (exact) mass is 482 g/mol. The van der Waals surface area contributed by atoms with Crippen molar-refractivity contribution in [2.45, 2.75) is 6.10 Å². The lowest BCUT2D eigenvalue weighted by Crippen LogP contribution is -2.36. The van der Waals surface area contributed by atoms with Gasteiger partial charge in [-0.25, -0.2) is 9.18 Å². The van der Waals surface area contributed by atoms with Crippen LogP contribution in [0.3, 0.4) is 0 Å². The van der Waals surface area contributed by atoms with Gasteiger partial charge in [0.2, 0.25) is 0 Å². The van der Waals surface area contributed by atoms with Gasteiger partial charge in [0.25, 0.3) is 5.91 Å². The van der Waals surface area contributed by atoms with Crippen LogP contribution in [0.5, 0.6) is 0 Å². The minimum atomic E-state index is -0.671. The molecule has 3 aromatic rings. The number of carbonyl (C=O) groups excluding carboxylic acids is 1. The van der Waals surface area contributed by atoms with E-state index in [1.54, 1.807) is 30.3 Å². The van der Waals surface area contributed by atoms with Crippen molar-refractivity contribution in [1.82, 2.24) is 20.8 Å². The van der Waals surface area contributed by atoms with Gasteiger partial charge in [-0.1, -0.05) is 35.0 Å². The lowest BCUT2D eigenvalue weighted by atomic mass is 9.95. The van der Waals surface area contributed by atoms with Gasteiger partial charge >= 0.3 is 5.76 Å². The first-order valence-corrected chi connectivity index (χ1v) is 10.1. The summed E-state index contributed by atoms with van der Waals surface area (Å²) in [7, 11) is 0. The van der Waals surface area contributed by atoms with Crippen LogP contribution >= 0.6 is 24.0 Å². The van der Waals surface area contributed by atoms with E-state index in [-0.39, 0.29) is 35.1 Å². The van der Waals surface area contributed by atoms with Crippen LogP contribution in [0.4, 0.5) is 4.39 Å². The zero-order valence-corrected chi connectivity index (χ0v) is 18.3. The SMILES string of the molecule is Cl.O=C(NC[C@@H]1CNCCO[C@H]1c1ccc(Cl)c(F)c1)c1cccc(-c2noc(=O)[nH]2)c1. The Balaban J connectivity index is 0.00000289. The highest BCUT2D eigenvalue weighted by Crippen LogP contribution is 2.29. The molecule has 1 saturated heterocycles. The molecule has 1 fully saturated rings. The van der Waals surface area contributed by atoms with Crippen molar-refractivity contribution in [3.05, 3.63) is 75.0 Å². The third kappa shape index (κ3) is 5.55. The third-order valence-electron chi connectivity index (χ3n) is 5.05. The molecule has 4 rings (SSSR count). The first kappa shape index (κ1) is 23.9. The highest BCUT2D eigenvalue weighted by molar-refractivity contribution is 6.30. The Morgan fingerprint density at radius 3 is 2.88 bits per heavy atom. The van der Waals surface area contributed by atoms with Crippen molar-refractivity contribution < 1.29 is 18.4 Å². The predicted molar refractivity (Wildman–Crippen MR) is 119 cm³/mol. The first-order valence-electron chi connectivity index (χ1n) is 9.73. The highest BCUT2D eigenvalue weighted by Gasteiger charge is 2.27. The van der Waals surface area contributed by atoms with Crippen molar-refractivity contribution in [2.75, 3.05) is 26.2 Å². The maximum atomic E-state index is 14.0. The second-order valence-electron chi connectivity index (χ2n) is 7.16. The van der Waals surface area contributed by atoms with Crippen molar-refractivity contribution >= 4 is 29.9 Å². The molecule has 0 radical (unpaired) electrons. The number of halogens is 3. The lowest BCUT2D eigenvalue weighted by Gasteiger charge is -2.25. The molecule has 0 aliphatic carbocycles. The number of hydrogen-bond donors (Lipinski definition) is 3. The van der Waals surface area contributed by atoms with E-state index in [0.717, 1.165) is 0 Å². The molecule has 2 aromatic carbocycles. The molecule has 0 bridgehead atoms. The number of aromatic nitrogens is 2. The number of amides is 1. The number of H-pyrrole nitrogens is 1. The summed E-state index contributed by atoms with van der Waals surface area (Å²) in [6.07, 6.45) is -0.395. The molecule has 2 heterocycles. The number of nitrogens with one attached hydrogen (secondary N) is 3. The van der Waals surface area contributed by atoms with E-state index in [1.807, 2.05) is 0 Å². The molecule has 0 saturated carbocycles. The third-order valence-corrected chi connectivity index (χ3v) is 5.35. The van der Waals surface area contributed by atoms with Gasteiger partial charge < -0.3 is 15.4 Å². The van der Waals surface area contributed by atoms with Gasteiger partial charge in [0.15, 0.2) is 5.82 Å². The number of benzene rings is 2. The number of carbonyl (C=O) groups is 1. The number of rotatable bonds is 5. The van der Waals surface area contributed by atoms with E-state index in [2.05, 4.69) is 25.3 Å². The van der Waals surface area contributed by atoms with Gasteiger partial charge in [-0.15, -0.1) is 12.4 Å². The van der Waals surface area contributed by atoms with Crippen LogP contribution in [0.2, 0.25) is 5.02 Å². The normalized spacial score (nSPS) is 18.4. The van der Waals surface area contributed by atoms with Gasteiger partial charge in [-0.05, 0) is 29.8 Å². The maximum absolute atomic E-state index is 14.0. The van der Waals surface area contributed by atoms with Crippen LogP contribution in [0.1, 0.15) is 22.0 Å². The summed E-state index contributed by atoms with van der Waals surface area (Å²) < 4.78 is 24.4. The predicted octanol–water partition coefficient (Wildman–Crippen LogP) is 2.95. The Morgan fingerprint density at radius 2 is 2.12 bits per heavy atom. The fraction of sp³-hybridized carbons (Fsp3) is 0.286. The van der Waals surface area contributed by atoms with Gasteiger partial charge in [0.1, 0.15) is 5.82 Å². The van der Waals surface area contributed by atoms with Gasteiger partial charge in [-0.3, -0.25) is 14.3 Å². The fourth-order valence-corrected chi connectivity index (χ4v) is 3.63. The smallest absolute Gasteiger partial charge is 0.372 e. The summed E-state index contributed by atoms with van der Waals surface area (Å²) in [6, 6.07) is 11.3. The largest absolute Gasteiger partial charge is 0.439 e. The Bertz CT molecular complexity index is 1140. The van der Waals surface area contributed by atoms with E-state index < -0.39 is 17.7 Å². The van der Waals surface area contributed by atoms with Gasteiger partial charge in [-0.2, -0.15) is 0 Å². The van der Waals surface area contributed by atoms with Crippen LogP contribution in [-0.2, 0) is 4.74 Å². The summed E-state index contributed by atoms with van der Waals surface area (Å²) in [6.45, 7) is 2.04. The minimum Gasteiger partial charge on any atom is -0.372 e. The molecular formula is C21H21Cl2FN4O4. The quantitative estimate of drug-likeness (QED) is 0.515. The van der Waals surface area contributed by atoms with Crippen LogP contribution in [0.25, 0.3) is 11.4 Å². The minimum absolute atomic E-state index is 0. The molecule has 1 aliphatic heterocycles. The van der Waals surface area contributed by atoms with Gasteiger partial charge in [0, 0.05) is 36.7 Å². The van der Waals surface area contributed by atoms with Crippen molar-refractivity contribution in [2.24, 2.45) is 5.92 Å². The topological polar surface area (TPSA) is 109 Å². The number of hydrogen-bond acceptors (Lipinski definition) is 6. The molecule has 11 heteroatoms. The standard InChI is InChI=1S/C21H20ClFN4O4.ClH/c22-16-5-4-12(9-17(16)23)18-15(10-24-6-7-30-18)11-25-20(28)14-3-1-2-13(8-14)19-26-21(29)31-27-19;/h1-5,8-9,15,18,24H,6-7,10-11H2,(H,25,28)(H,26,27,29);1H/t15-,18-;/m0./s1. The average Bonchev–Trinajstić information content (AvgIpc) is 3.07. The van der Waals surface area contributed by atoms with Crippen LogP contribution < -0.4 is 16.4 Å². The fourth-order valence-electron chi connectivity index (χ4n) is 3.51. The molecule has 170 valence electrons.